The van der Waals surface area contributed by atoms with Gasteiger partial charge in [0, 0.05) is 25.7 Å². The lowest BCUT2D eigenvalue weighted by atomic mass is 10.1. The first-order valence-corrected chi connectivity index (χ1v) is 7.60. The normalized spacial score (nSPS) is 29.5. The highest BCUT2D eigenvalue weighted by Crippen LogP contribution is 2.35. The van der Waals surface area contributed by atoms with Crippen LogP contribution in [0.1, 0.15) is 24.0 Å². The number of rotatable bonds is 3. The van der Waals surface area contributed by atoms with E-state index in [1.807, 2.05) is 0 Å². The van der Waals surface area contributed by atoms with E-state index in [1.165, 1.54) is 12.1 Å². The quantitative estimate of drug-likeness (QED) is 0.931. The van der Waals surface area contributed by atoms with Gasteiger partial charge in [0.15, 0.2) is 0 Å². The summed E-state index contributed by atoms with van der Waals surface area (Å²) in [6.45, 7) is 1.95. The van der Waals surface area contributed by atoms with Gasteiger partial charge in [-0.25, -0.2) is 0 Å². The van der Waals surface area contributed by atoms with Crippen LogP contribution in [0.3, 0.4) is 0 Å². The van der Waals surface area contributed by atoms with Gasteiger partial charge in [0.2, 0.25) is 0 Å². The fraction of sp³-hybridized carbons (Fsp3) is 0.625. The van der Waals surface area contributed by atoms with Crippen molar-refractivity contribution in [2.24, 2.45) is 5.92 Å². The molecular formula is C16H20F3NO2. The zero-order valence-electron chi connectivity index (χ0n) is 12.2. The molecule has 0 spiro atoms. The average molecular weight is 315 g/mol. The summed E-state index contributed by atoms with van der Waals surface area (Å²) in [4.78, 5) is 2.19. The molecule has 1 aromatic carbocycles. The molecule has 1 heterocycles. The van der Waals surface area contributed by atoms with E-state index in [2.05, 4.69) is 4.90 Å². The molecule has 0 aromatic heterocycles. The minimum Gasteiger partial charge on any atom is -0.396 e. The molecule has 3 rings (SSSR count). The van der Waals surface area contributed by atoms with Crippen LogP contribution in [0, 0.1) is 5.92 Å². The molecule has 0 amide bonds. The van der Waals surface area contributed by atoms with Crippen molar-refractivity contribution in [1.82, 2.24) is 4.90 Å². The second kappa shape index (κ2) is 6.18. The van der Waals surface area contributed by atoms with Crippen LogP contribution >= 0.6 is 0 Å². The Morgan fingerprint density at radius 2 is 2.09 bits per heavy atom. The molecule has 1 saturated carbocycles. The summed E-state index contributed by atoms with van der Waals surface area (Å²) < 4.78 is 44.1. The van der Waals surface area contributed by atoms with E-state index in [0.717, 1.165) is 25.5 Å². The molecule has 1 aromatic rings. The molecule has 1 N–H and O–H groups in total. The summed E-state index contributed by atoms with van der Waals surface area (Å²) in [6.07, 6.45) is -2.53. The molecule has 1 aliphatic carbocycles. The van der Waals surface area contributed by atoms with Gasteiger partial charge in [0.25, 0.3) is 0 Å². The summed E-state index contributed by atoms with van der Waals surface area (Å²) >= 11 is 0. The first-order chi connectivity index (χ1) is 10.5. The first-order valence-electron chi connectivity index (χ1n) is 7.60. The Hall–Kier alpha value is -1.11. The Kier molecular flexibility index (Phi) is 4.43. The molecule has 122 valence electrons. The van der Waals surface area contributed by atoms with Gasteiger partial charge in [-0.3, -0.25) is 4.90 Å². The molecule has 0 bridgehead atoms. The number of hydrogen-bond acceptors (Lipinski definition) is 3. The van der Waals surface area contributed by atoms with Crippen molar-refractivity contribution in [1.29, 1.82) is 0 Å². The standard InChI is InChI=1S/C16H20F3NO2/c17-16(18,19)13-3-1-2-11(6-13)9-20-4-5-22-15-8-12(10-21)7-14(15)20/h1-3,6,12,14-15,21H,4-5,7-10H2/t12-,14+,15?/m1/s1. The monoisotopic (exact) mass is 315 g/mol. The minimum atomic E-state index is -4.31. The number of aliphatic hydroxyl groups is 1. The molecule has 2 aliphatic rings. The van der Waals surface area contributed by atoms with Crippen LogP contribution in [-0.4, -0.2) is 41.9 Å². The third-order valence-electron chi connectivity index (χ3n) is 4.65. The van der Waals surface area contributed by atoms with Crippen LogP contribution in [-0.2, 0) is 17.5 Å². The number of nitrogens with zero attached hydrogens (tertiary/aromatic N) is 1. The summed E-state index contributed by atoms with van der Waals surface area (Å²) in [7, 11) is 0. The number of fused-ring (bicyclic) bond motifs is 1. The number of benzene rings is 1. The third kappa shape index (κ3) is 3.29. The van der Waals surface area contributed by atoms with Gasteiger partial charge in [-0.2, -0.15) is 13.2 Å². The Labute approximate surface area is 127 Å². The molecular weight excluding hydrogens is 295 g/mol. The summed E-state index contributed by atoms with van der Waals surface area (Å²) in [5.74, 6) is 0.233. The Morgan fingerprint density at radius 3 is 2.82 bits per heavy atom. The lowest BCUT2D eigenvalue weighted by Gasteiger charge is -2.37. The molecule has 3 atom stereocenters. The van der Waals surface area contributed by atoms with Crippen LogP contribution in [0.15, 0.2) is 24.3 Å². The molecule has 6 heteroatoms. The molecule has 3 nitrogen and oxygen atoms in total. The van der Waals surface area contributed by atoms with Crippen LogP contribution in [0.4, 0.5) is 13.2 Å². The highest BCUT2D eigenvalue weighted by molar-refractivity contribution is 5.25. The van der Waals surface area contributed by atoms with E-state index in [-0.39, 0.29) is 24.7 Å². The van der Waals surface area contributed by atoms with Gasteiger partial charge in [-0.1, -0.05) is 18.2 Å². The minimum absolute atomic E-state index is 0.0942. The van der Waals surface area contributed by atoms with Gasteiger partial charge < -0.3 is 9.84 Å². The summed E-state index contributed by atoms with van der Waals surface area (Å²) in [6, 6.07) is 5.71. The molecule has 1 unspecified atom stereocenters. The maximum atomic E-state index is 12.8. The summed E-state index contributed by atoms with van der Waals surface area (Å²) in [5.41, 5.74) is 0.0670. The Morgan fingerprint density at radius 1 is 1.27 bits per heavy atom. The largest absolute Gasteiger partial charge is 0.416 e. The van der Waals surface area contributed by atoms with E-state index in [1.54, 1.807) is 6.07 Å². The smallest absolute Gasteiger partial charge is 0.396 e. The van der Waals surface area contributed by atoms with E-state index in [9.17, 15) is 18.3 Å². The lowest BCUT2D eigenvalue weighted by Crippen LogP contribution is -2.47. The number of hydrogen-bond donors (Lipinski definition) is 1. The zero-order chi connectivity index (χ0) is 15.7. The highest BCUT2D eigenvalue weighted by Gasteiger charge is 2.40. The van der Waals surface area contributed by atoms with E-state index in [0.29, 0.717) is 18.7 Å². The maximum Gasteiger partial charge on any atom is 0.416 e. The van der Waals surface area contributed by atoms with Gasteiger partial charge in [0.05, 0.1) is 18.3 Å². The van der Waals surface area contributed by atoms with Gasteiger partial charge in [-0.15, -0.1) is 0 Å². The number of aliphatic hydroxyl groups excluding tert-OH is 1. The van der Waals surface area contributed by atoms with E-state index in [4.69, 9.17) is 4.74 Å². The lowest BCUT2D eigenvalue weighted by molar-refractivity contribution is -0.137. The van der Waals surface area contributed by atoms with Crippen LogP contribution in [0.2, 0.25) is 0 Å². The fourth-order valence-electron chi connectivity index (χ4n) is 3.55. The van der Waals surface area contributed by atoms with Crippen molar-refractivity contribution in [2.45, 2.75) is 37.7 Å². The predicted octanol–water partition coefficient (Wildman–Crippen LogP) is 2.68. The van der Waals surface area contributed by atoms with E-state index >= 15 is 0 Å². The number of ether oxygens (including phenoxy) is 1. The molecule has 22 heavy (non-hydrogen) atoms. The van der Waals surface area contributed by atoms with Crippen LogP contribution in [0.25, 0.3) is 0 Å². The molecule has 1 saturated heterocycles. The Bertz CT molecular complexity index is 520. The van der Waals surface area contributed by atoms with Gasteiger partial charge in [0.1, 0.15) is 0 Å². The predicted molar refractivity (Wildman–Crippen MR) is 75.2 cm³/mol. The Balaban J connectivity index is 1.72. The average Bonchev–Trinajstić information content (AvgIpc) is 2.91. The SMILES string of the molecule is OC[C@H]1CC2OCCN(Cc3cccc(C(F)(F)F)c3)[C@H]2C1. The van der Waals surface area contributed by atoms with Crippen molar-refractivity contribution < 1.29 is 23.0 Å². The van der Waals surface area contributed by atoms with Crippen LogP contribution in [0.5, 0.6) is 0 Å². The second-order valence-electron chi connectivity index (χ2n) is 6.17. The van der Waals surface area contributed by atoms with Gasteiger partial charge in [-0.05, 0) is 30.4 Å². The third-order valence-corrected chi connectivity index (χ3v) is 4.65. The highest BCUT2D eigenvalue weighted by atomic mass is 19.4. The molecule has 2 fully saturated rings. The van der Waals surface area contributed by atoms with E-state index < -0.39 is 11.7 Å². The van der Waals surface area contributed by atoms with Crippen molar-refractivity contribution in [3.05, 3.63) is 35.4 Å². The molecule has 1 aliphatic heterocycles. The molecule has 0 radical (unpaired) electrons. The zero-order valence-corrected chi connectivity index (χ0v) is 12.2. The second-order valence-corrected chi connectivity index (χ2v) is 6.17. The topological polar surface area (TPSA) is 32.7 Å². The number of halogens is 3. The maximum absolute atomic E-state index is 12.8. The van der Waals surface area contributed by atoms with Crippen molar-refractivity contribution in [2.75, 3.05) is 19.8 Å². The number of morpholine rings is 1. The van der Waals surface area contributed by atoms with Crippen LogP contribution < -0.4 is 0 Å². The fourth-order valence-corrected chi connectivity index (χ4v) is 3.55. The van der Waals surface area contributed by atoms with Crippen molar-refractivity contribution in [3.8, 4) is 0 Å². The van der Waals surface area contributed by atoms with Crippen molar-refractivity contribution in [3.63, 3.8) is 0 Å². The first kappa shape index (κ1) is 15.8. The summed E-state index contributed by atoms with van der Waals surface area (Å²) in [5, 5.41) is 9.32. The number of alkyl halides is 3. The van der Waals surface area contributed by atoms with Crippen molar-refractivity contribution >= 4 is 0 Å². The van der Waals surface area contributed by atoms with Gasteiger partial charge >= 0.3 is 6.18 Å².